The van der Waals surface area contributed by atoms with E-state index in [9.17, 15) is 0 Å². The van der Waals surface area contributed by atoms with Crippen molar-refractivity contribution in [1.82, 2.24) is 0 Å². The molecule has 4 nitrogen and oxygen atoms in total. The molecule has 3 rings (SSSR count). The van der Waals surface area contributed by atoms with Gasteiger partial charge in [-0.05, 0) is 42.2 Å². The van der Waals surface area contributed by atoms with Crippen LogP contribution in [-0.4, -0.2) is 24.1 Å². The summed E-state index contributed by atoms with van der Waals surface area (Å²) in [5.41, 5.74) is 8.75. The fraction of sp³-hybridized carbons (Fsp3) is 0.562. The van der Waals surface area contributed by atoms with E-state index in [0.29, 0.717) is 18.2 Å². The van der Waals surface area contributed by atoms with E-state index in [4.69, 9.17) is 10.9 Å². The van der Waals surface area contributed by atoms with E-state index in [1.54, 1.807) is 0 Å². The fourth-order valence-corrected chi connectivity index (χ4v) is 3.45. The summed E-state index contributed by atoms with van der Waals surface area (Å²) in [4.78, 5) is 2.50. The smallest absolute Gasteiger partial charge is 0.139 e. The molecule has 1 aliphatic heterocycles. The minimum atomic E-state index is 0.223. The van der Waals surface area contributed by atoms with E-state index in [1.807, 2.05) is 0 Å². The molecule has 1 atom stereocenters. The Balaban J connectivity index is 1.78. The lowest BCUT2D eigenvalue weighted by Crippen LogP contribution is -2.39. The molecule has 0 saturated heterocycles. The topological polar surface area (TPSA) is 61.8 Å². The highest BCUT2D eigenvalue weighted by Crippen LogP contribution is 2.50. The minimum Gasteiger partial charge on any atom is -0.409 e. The predicted octanol–water partition coefficient (Wildman–Crippen LogP) is 2.60. The van der Waals surface area contributed by atoms with Crippen molar-refractivity contribution in [1.29, 1.82) is 0 Å². The number of oxime groups is 1. The first kappa shape index (κ1) is 13.3. The van der Waals surface area contributed by atoms with Crippen molar-refractivity contribution < 1.29 is 5.21 Å². The summed E-state index contributed by atoms with van der Waals surface area (Å²) in [5.74, 6) is 1.05. The number of amidine groups is 1. The number of nitrogens with zero attached hydrogens (tertiary/aromatic N) is 2. The fourth-order valence-electron chi connectivity index (χ4n) is 3.45. The summed E-state index contributed by atoms with van der Waals surface area (Å²) in [6, 6.07) is 8.70. The molecule has 4 heteroatoms. The molecule has 1 aromatic carbocycles. The Bertz CT molecular complexity index is 522. The lowest BCUT2D eigenvalue weighted by Gasteiger charge is -2.37. The summed E-state index contributed by atoms with van der Waals surface area (Å²) < 4.78 is 0. The van der Waals surface area contributed by atoms with Gasteiger partial charge < -0.3 is 15.8 Å². The van der Waals surface area contributed by atoms with Gasteiger partial charge in [0.1, 0.15) is 5.84 Å². The number of fused-ring (bicyclic) bond motifs is 1. The van der Waals surface area contributed by atoms with Crippen LogP contribution in [0.15, 0.2) is 29.4 Å². The molecule has 0 radical (unpaired) electrons. The molecule has 2 aliphatic rings. The Hall–Kier alpha value is -1.71. The molecule has 1 aromatic rings. The van der Waals surface area contributed by atoms with Crippen molar-refractivity contribution >= 4 is 11.5 Å². The zero-order chi connectivity index (χ0) is 14.2. The van der Waals surface area contributed by atoms with Gasteiger partial charge in [-0.15, -0.1) is 0 Å². The quantitative estimate of drug-likeness (QED) is 0.383. The average Bonchev–Trinajstić information content (AvgIpc) is 3.17. The number of anilines is 1. The largest absolute Gasteiger partial charge is 0.409 e. The van der Waals surface area contributed by atoms with Gasteiger partial charge in [0.25, 0.3) is 0 Å². The normalized spacial score (nSPS) is 24.4. The number of hydrogen-bond acceptors (Lipinski definition) is 3. The third-order valence-electron chi connectivity index (χ3n) is 4.60. The van der Waals surface area contributed by atoms with E-state index >= 15 is 0 Å². The Morgan fingerprint density at radius 3 is 2.90 bits per heavy atom. The first-order chi connectivity index (χ1) is 9.62. The standard InChI is InChI=1S/C16H23N3O/c1-12-8-13-4-2-3-5-14(13)19(10-12)11-16(6-7-16)9-15(17)18-20/h2-5,12,20H,6-11H2,1H3,(H2,17,18). The van der Waals surface area contributed by atoms with E-state index in [-0.39, 0.29) is 5.41 Å². The lowest BCUT2D eigenvalue weighted by atomic mass is 9.91. The number of nitrogens with two attached hydrogens (primary N) is 1. The van der Waals surface area contributed by atoms with Crippen molar-refractivity contribution in [2.45, 2.75) is 32.6 Å². The van der Waals surface area contributed by atoms with Gasteiger partial charge in [-0.25, -0.2) is 0 Å². The molecule has 1 saturated carbocycles. The van der Waals surface area contributed by atoms with Crippen molar-refractivity contribution in [2.75, 3.05) is 18.0 Å². The predicted molar refractivity (Wildman–Crippen MR) is 81.2 cm³/mol. The molecule has 108 valence electrons. The molecule has 20 heavy (non-hydrogen) atoms. The highest BCUT2D eigenvalue weighted by Gasteiger charge is 2.45. The van der Waals surface area contributed by atoms with Crippen LogP contribution in [0.5, 0.6) is 0 Å². The average molecular weight is 273 g/mol. The van der Waals surface area contributed by atoms with Crippen LogP contribution in [0.4, 0.5) is 5.69 Å². The Morgan fingerprint density at radius 2 is 2.20 bits per heavy atom. The van der Waals surface area contributed by atoms with E-state index in [2.05, 4.69) is 41.2 Å². The SMILES string of the molecule is CC1Cc2ccccc2N(CC2(CC(N)=NO)CC2)C1. The summed E-state index contributed by atoms with van der Waals surface area (Å²) in [6.07, 6.45) is 4.23. The van der Waals surface area contributed by atoms with Crippen LogP contribution in [0.25, 0.3) is 0 Å². The van der Waals surface area contributed by atoms with Gasteiger partial charge in [-0.1, -0.05) is 30.3 Å². The van der Waals surface area contributed by atoms with Gasteiger partial charge in [0.15, 0.2) is 0 Å². The monoisotopic (exact) mass is 273 g/mol. The maximum Gasteiger partial charge on any atom is 0.139 e. The van der Waals surface area contributed by atoms with Crippen molar-refractivity contribution in [3.05, 3.63) is 29.8 Å². The summed E-state index contributed by atoms with van der Waals surface area (Å²) >= 11 is 0. The van der Waals surface area contributed by atoms with E-state index in [0.717, 1.165) is 13.1 Å². The highest BCUT2D eigenvalue weighted by atomic mass is 16.4. The summed E-state index contributed by atoms with van der Waals surface area (Å²) in [7, 11) is 0. The first-order valence-corrected chi connectivity index (χ1v) is 7.41. The molecule has 0 bridgehead atoms. The zero-order valence-corrected chi connectivity index (χ0v) is 12.0. The van der Waals surface area contributed by atoms with Gasteiger partial charge in [0.05, 0.1) is 0 Å². The van der Waals surface area contributed by atoms with E-state index in [1.165, 1.54) is 30.5 Å². The van der Waals surface area contributed by atoms with Gasteiger partial charge in [-0.3, -0.25) is 0 Å². The Kier molecular flexibility index (Phi) is 3.32. The third-order valence-corrected chi connectivity index (χ3v) is 4.60. The number of hydrogen-bond donors (Lipinski definition) is 2. The zero-order valence-electron chi connectivity index (χ0n) is 12.0. The van der Waals surface area contributed by atoms with Crippen LogP contribution < -0.4 is 10.6 Å². The van der Waals surface area contributed by atoms with Gasteiger partial charge in [-0.2, -0.15) is 0 Å². The number of rotatable bonds is 4. The molecule has 0 aromatic heterocycles. The number of benzene rings is 1. The molecular weight excluding hydrogens is 250 g/mol. The van der Waals surface area contributed by atoms with E-state index < -0.39 is 0 Å². The summed E-state index contributed by atoms with van der Waals surface area (Å²) in [6.45, 7) is 4.44. The van der Waals surface area contributed by atoms with Gasteiger partial charge in [0.2, 0.25) is 0 Å². The minimum absolute atomic E-state index is 0.223. The maximum absolute atomic E-state index is 8.78. The van der Waals surface area contributed by atoms with Crippen molar-refractivity contribution in [3.63, 3.8) is 0 Å². The van der Waals surface area contributed by atoms with Crippen LogP contribution in [-0.2, 0) is 6.42 Å². The molecule has 0 amide bonds. The first-order valence-electron chi connectivity index (χ1n) is 7.41. The molecule has 3 N–H and O–H groups in total. The molecular formula is C16H23N3O. The molecule has 1 heterocycles. The van der Waals surface area contributed by atoms with Crippen LogP contribution in [0.2, 0.25) is 0 Å². The van der Waals surface area contributed by atoms with Crippen molar-refractivity contribution in [3.8, 4) is 0 Å². The third kappa shape index (κ3) is 2.60. The van der Waals surface area contributed by atoms with Crippen LogP contribution >= 0.6 is 0 Å². The van der Waals surface area contributed by atoms with Crippen LogP contribution in [0.1, 0.15) is 31.7 Å². The second-order valence-electron chi connectivity index (χ2n) is 6.59. The Morgan fingerprint density at radius 1 is 1.45 bits per heavy atom. The van der Waals surface area contributed by atoms with Gasteiger partial charge >= 0.3 is 0 Å². The lowest BCUT2D eigenvalue weighted by molar-refractivity contribution is 0.314. The number of para-hydroxylation sites is 1. The van der Waals surface area contributed by atoms with Gasteiger partial charge in [0, 0.05) is 25.2 Å². The highest BCUT2D eigenvalue weighted by molar-refractivity contribution is 5.80. The van der Waals surface area contributed by atoms with Crippen LogP contribution in [0, 0.1) is 11.3 Å². The molecule has 1 aliphatic carbocycles. The molecule has 1 unspecified atom stereocenters. The van der Waals surface area contributed by atoms with Crippen LogP contribution in [0.3, 0.4) is 0 Å². The Labute approximate surface area is 120 Å². The second-order valence-corrected chi connectivity index (χ2v) is 6.59. The maximum atomic E-state index is 8.78. The molecule has 0 spiro atoms. The summed E-state index contributed by atoms with van der Waals surface area (Å²) in [5, 5.41) is 11.9. The second kappa shape index (κ2) is 5.00. The molecule has 1 fully saturated rings. The van der Waals surface area contributed by atoms with Crippen molar-refractivity contribution in [2.24, 2.45) is 22.2 Å².